The lowest BCUT2D eigenvalue weighted by Gasteiger charge is -2.29. The van der Waals surface area contributed by atoms with Gasteiger partial charge in [0.1, 0.15) is 10.0 Å². The van der Waals surface area contributed by atoms with Crippen molar-refractivity contribution in [3.8, 4) is 0 Å². The van der Waals surface area contributed by atoms with E-state index in [1.54, 1.807) is 23.2 Å². The van der Waals surface area contributed by atoms with Crippen molar-refractivity contribution in [3.63, 3.8) is 0 Å². The molecule has 1 amide bonds. The van der Waals surface area contributed by atoms with Gasteiger partial charge < -0.3 is 9.62 Å². The number of fused-ring (bicyclic) bond motifs is 1. The highest BCUT2D eigenvalue weighted by Gasteiger charge is 2.21. The number of nitrogens with one attached hydrogen (secondary N) is 1. The van der Waals surface area contributed by atoms with Gasteiger partial charge in [0.25, 0.3) is 5.82 Å². The lowest BCUT2D eigenvalue weighted by Crippen LogP contribution is -2.33. The number of benzene rings is 1. The summed E-state index contributed by atoms with van der Waals surface area (Å²) in [6, 6.07) is 8.57. The molecule has 1 aromatic carbocycles. The lowest BCUT2D eigenvalue weighted by molar-refractivity contribution is -0.363. The molecule has 0 aliphatic carbocycles. The van der Waals surface area contributed by atoms with Crippen LogP contribution in [0.15, 0.2) is 41.4 Å². The standard InChI is InChI=1S/C19H23N4O3S/c1-14(24)23-10-4-5-16-12-17(6-7-18(16)23)27(25,26)21-13-15-8-9-20-19(11-15)22(2)3/h6-9,11-12H,4-5,10,13H2,1-3H3/q-1/p+1. The smallest absolute Gasteiger partial charge is 0.274 e. The number of aromatic amines is 1. The third kappa shape index (κ3) is 4.28. The van der Waals surface area contributed by atoms with E-state index in [2.05, 4.69) is 9.71 Å². The summed E-state index contributed by atoms with van der Waals surface area (Å²) in [4.78, 5) is 18.6. The number of carbonyl (C=O) groups excluding carboxylic acids is 1. The molecular formula is C19H24N4O3S. The van der Waals surface area contributed by atoms with Gasteiger partial charge >= 0.3 is 0 Å². The molecule has 7 nitrogen and oxygen atoms in total. The summed E-state index contributed by atoms with van der Waals surface area (Å²) < 4.78 is 29.3. The van der Waals surface area contributed by atoms with E-state index in [0.717, 1.165) is 35.5 Å². The van der Waals surface area contributed by atoms with Crippen LogP contribution in [-0.2, 0) is 27.8 Å². The van der Waals surface area contributed by atoms with Crippen LogP contribution in [0.5, 0.6) is 0 Å². The van der Waals surface area contributed by atoms with Gasteiger partial charge in [0, 0.05) is 30.1 Å². The largest absolute Gasteiger partial charge is 0.541 e. The van der Waals surface area contributed by atoms with E-state index in [9.17, 15) is 13.2 Å². The van der Waals surface area contributed by atoms with Gasteiger partial charge in [0.15, 0.2) is 0 Å². The van der Waals surface area contributed by atoms with E-state index >= 15 is 0 Å². The van der Waals surface area contributed by atoms with Gasteiger partial charge in [-0.15, -0.1) is 6.54 Å². The fourth-order valence-corrected chi connectivity index (χ4v) is 4.15. The Balaban J connectivity index is 1.79. The molecule has 0 atom stereocenters. The SMILES string of the molecule is CC(=O)N1CCCc2cc(S(=O)(=O)[N-]Cc3cc[nH+]c(N(C)C)c3)ccc21. The molecule has 2 heterocycles. The number of aryl methyl sites for hydroxylation is 1. The number of anilines is 2. The minimum Gasteiger partial charge on any atom is -0.541 e. The molecular weight excluding hydrogens is 364 g/mol. The Morgan fingerprint density at radius 1 is 1.26 bits per heavy atom. The van der Waals surface area contributed by atoms with E-state index in [0.29, 0.717) is 6.54 Å². The highest BCUT2D eigenvalue weighted by atomic mass is 32.2. The van der Waals surface area contributed by atoms with Crippen LogP contribution < -0.4 is 14.8 Å². The molecule has 0 fully saturated rings. The number of pyridine rings is 1. The van der Waals surface area contributed by atoms with E-state index in [1.165, 1.54) is 13.0 Å². The molecule has 2 aromatic rings. The third-order valence-corrected chi connectivity index (χ3v) is 5.92. The molecule has 1 aliphatic rings. The van der Waals surface area contributed by atoms with Gasteiger partial charge in [0.2, 0.25) is 5.91 Å². The van der Waals surface area contributed by atoms with Gasteiger partial charge in [-0.3, -0.25) is 9.69 Å². The number of hydrogen-bond acceptors (Lipinski definition) is 4. The number of rotatable bonds is 5. The van der Waals surface area contributed by atoms with Gasteiger partial charge in [0.05, 0.1) is 20.3 Å². The maximum atomic E-state index is 12.7. The first-order chi connectivity index (χ1) is 12.8. The van der Waals surface area contributed by atoms with Crippen molar-refractivity contribution in [1.29, 1.82) is 0 Å². The summed E-state index contributed by atoms with van der Waals surface area (Å²) in [5, 5.41) is 0. The summed E-state index contributed by atoms with van der Waals surface area (Å²) >= 11 is 0. The average Bonchev–Trinajstić information content (AvgIpc) is 2.65. The summed E-state index contributed by atoms with van der Waals surface area (Å²) in [5.74, 6) is 0.840. The van der Waals surface area contributed by atoms with E-state index in [1.807, 2.05) is 31.1 Å². The molecule has 0 spiro atoms. The van der Waals surface area contributed by atoms with Crippen molar-refractivity contribution >= 4 is 27.4 Å². The molecule has 27 heavy (non-hydrogen) atoms. The summed E-state index contributed by atoms with van der Waals surface area (Å²) in [5.41, 5.74) is 2.47. The summed E-state index contributed by atoms with van der Waals surface area (Å²) in [7, 11) is 0.0424. The van der Waals surface area contributed by atoms with E-state index in [4.69, 9.17) is 0 Å². The second-order valence-corrected chi connectivity index (χ2v) is 8.48. The Morgan fingerprint density at radius 3 is 2.74 bits per heavy atom. The number of hydrogen-bond donors (Lipinski definition) is 0. The van der Waals surface area contributed by atoms with Gasteiger partial charge in [-0.05, 0) is 42.7 Å². The molecule has 3 rings (SSSR count). The van der Waals surface area contributed by atoms with Crippen LogP contribution in [0.4, 0.5) is 11.5 Å². The quantitative estimate of drug-likeness (QED) is 0.785. The Labute approximate surface area is 160 Å². The first-order valence-corrected chi connectivity index (χ1v) is 10.2. The van der Waals surface area contributed by atoms with Gasteiger partial charge in [-0.1, -0.05) is 5.56 Å². The lowest BCUT2D eigenvalue weighted by atomic mass is 10.0. The van der Waals surface area contributed by atoms with Crippen LogP contribution >= 0.6 is 0 Å². The van der Waals surface area contributed by atoms with Crippen molar-refractivity contribution in [2.45, 2.75) is 31.2 Å². The topological polar surface area (TPSA) is 85.9 Å². The normalized spacial score (nSPS) is 14.0. The molecule has 144 valence electrons. The average molecular weight is 388 g/mol. The Morgan fingerprint density at radius 2 is 2.04 bits per heavy atom. The first-order valence-electron chi connectivity index (χ1n) is 8.81. The zero-order valence-electron chi connectivity index (χ0n) is 15.8. The van der Waals surface area contributed by atoms with Crippen molar-refractivity contribution in [2.24, 2.45) is 0 Å². The van der Waals surface area contributed by atoms with Gasteiger partial charge in [-0.25, -0.2) is 13.4 Å². The van der Waals surface area contributed by atoms with Crippen LogP contribution in [0, 0.1) is 0 Å². The van der Waals surface area contributed by atoms with Crippen LogP contribution in [-0.4, -0.2) is 35.0 Å². The van der Waals surface area contributed by atoms with Crippen molar-refractivity contribution in [2.75, 3.05) is 30.4 Å². The molecule has 1 aromatic heterocycles. The first kappa shape index (κ1) is 19.3. The van der Waals surface area contributed by atoms with Crippen molar-refractivity contribution in [3.05, 3.63) is 52.4 Å². The highest BCUT2D eigenvalue weighted by molar-refractivity contribution is 7.94. The molecule has 0 unspecified atom stereocenters. The fourth-order valence-electron chi connectivity index (χ4n) is 3.15. The Bertz CT molecular complexity index is 957. The number of amides is 1. The molecule has 0 saturated heterocycles. The fraction of sp³-hybridized carbons (Fsp3) is 0.368. The number of aromatic nitrogens is 1. The predicted octanol–water partition coefficient (Wildman–Crippen LogP) is 2.13. The third-order valence-electron chi connectivity index (χ3n) is 4.60. The predicted molar refractivity (Wildman–Crippen MR) is 104 cm³/mol. The Kier molecular flexibility index (Phi) is 5.48. The maximum absolute atomic E-state index is 12.7. The minimum absolute atomic E-state index is 0.0335. The number of carbonyl (C=O) groups is 1. The van der Waals surface area contributed by atoms with Crippen molar-refractivity contribution < 1.29 is 18.2 Å². The Hall–Kier alpha value is -2.45. The van der Waals surface area contributed by atoms with Gasteiger partial charge in [-0.2, -0.15) is 0 Å². The van der Waals surface area contributed by atoms with Crippen molar-refractivity contribution in [1.82, 2.24) is 0 Å². The summed E-state index contributed by atoms with van der Waals surface area (Å²) in [6.07, 6.45) is 3.34. The maximum Gasteiger partial charge on any atom is 0.274 e. The molecule has 0 radical (unpaired) electrons. The van der Waals surface area contributed by atoms with Crippen LogP contribution in [0.3, 0.4) is 0 Å². The molecule has 8 heteroatoms. The molecule has 1 aliphatic heterocycles. The number of H-pyrrole nitrogens is 1. The summed E-state index contributed by atoms with van der Waals surface area (Å²) in [6.45, 7) is 2.26. The minimum atomic E-state index is -3.77. The van der Waals surface area contributed by atoms with E-state index < -0.39 is 10.0 Å². The zero-order chi connectivity index (χ0) is 19.6. The van der Waals surface area contributed by atoms with Crippen LogP contribution in [0.25, 0.3) is 4.72 Å². The second kappa shape index (κ2) is 7.66. The monoisotopic (exact) mass is 388 g/mol. The molecule has 0 bridgehead atoms. The number of sulfonamides is 1. The van der Waals surface area contributed by atoms with Crippen LogP contribution in [0.2, 0.25) is 0 Å². The number of nitrogens with zero attached hydrogens (tertiary/aromatic N) is 3. The van der Waals surface area contributed by atoms with E-state index in [-0.39, 0.29) is 17.3 Å². The van der Waals surface area contributed by atoms with Crippen LogP contribution in [0.1, 0.15) is 24.5 Å². The highest BCUT2D eigenvalue weighted by Crippen LogP contribution is 2.31. The molecule has 0 saturated carbocycles. The second-order valence-electron chi connectivity index (χ2n) is 6.80. The zero-order valence-corrected chi connectivity index (χ0v) is 16.6. The molecule has 1 N–H and O–H groups in total.